The van der Waals surface area contributed by atoms with Gasteiger partial charge in [0.25, 0.3) is 0 Å². The van der Waals surface area contributed by atoms with Crippen molar-refractivity contribution in [3.8, 4) is 11.5 Å². The lowest BCUT2D eigenvalue weighted by molar-refractivity contribution is -0.139. The van der Waals surface area contributed by atoms with Gasteiger partial charge in [-0.15, -0.1) is 0 Å². The van der Waals surface area contributed by atoms with Crippen LogP contribution in [-0.2, 0) is 9.59 Å². The summed E-state index contributed by atoms with van der Waals surface area (Å²) in [6, 6.07) is 16.1. The molecule has 1 fully saturated rings. The van der Waals surface area contributed by atoms with Gasteiger partial charge in [0.1, 0.15) is 23.6 Å². The molecule has 7 nitrogen and oxygen atoms in total. The molecular formula is C27H36BrN3O4. The maximum absolute atomic E-state index is 13.6. The SMILES string of the molecule is CC(C)[C@H](NC(=O)[C@H](C)N)C(=O)N1C[C@@H](Oc2ccccc2)C[C@H]1CCCOc1ccccc1Br. The Morgan fingerprint density at radius 1 is 1.11 bits per heavy atom. The Morgan fingerprint density at radius 3 is 2.46 bits per heavy atom. The Morgan fingerprint density at radius 2 is 1.80 bits per heavy atom. The lowest BCUT2D eigenvalue weighted by Gasteiger charge is -2.31. The Balaban J connectivity index is 1.68. The maximum Gasteiger partial charge on any atom is 0.245 e. The molecule has 2 aromatic carbocycles. The number of nitrogens with zero attached hydrogens (tertiary/aromatic N) is 1. The summed E-state index contributed by atoms with van der Waals surface area (Å²) in [5.74, 6) is 1.10. The van der Waals surface area contributed by atoms with Gasteiger partial charge in [0.05, 0.1) is 23.7 Å². The van der Waals surface area contributed by atoms with Gasteiger partial charge < -0.3 is 25.4 Å². The van der Waals surface area contributed by atoms with Crippen molar-refractivity contribution in [2.75, 3.05) is 13.2 Å². The van der Waals surface area contributed by atoms with Crippen molar-refractivity contribution in [1.29, 1.82) is 0 Å². The minimum atomic E-state index is -0.679. The minimum absolute atomic E-state index is 0.00696. The van der Waals surface area contributed by atoms with E-state index in [1.54, 1.807) is 6.92 Å². The second kappa shape index (κ2) is 12.9. The quantitative estimate of drug-likeness (QED) is 0.414. The van der Waals surface area contributed by atoms with Gasteiger partial charge in [-0.3, -0.25) is 9.59 Å². The Kier molecular flexibility index (Phi) is 9.98. The van der Waals surface area contributed by atoms with E-state index in [1.807, 2.05) is 73.3 Å². The smallest absolute Gasteiger partial charge is 0.245 e. The Labute approximate surface area is 216 Å². The number of hydrogen-bond donors (Lipinski definition) is 2. The molecule has 1 heterocycles. The van der Waals surface area contributed by atoms with Crippen molar-refractivity contribution in [3.63, 3.8) is 0 Å². The van der Waals surface area contributed by atoms with Crippen LogP contribution < -0.4 is 20.5 Å². The van der Waals surface area contributed by atoms with Crippen LogP contribution in [0.4, 0.5) is 0 Å². The van der Waals surface area contributed by atoms with Crippen LogP contribution in [0.5, 0.6) is 11.5 Å². The van der Waals surface area contributed by atoms with Crippen molar-refractivity contribution in [3.05, 3.63) is 59.1 Å². The number of rotatable bonds is 11. The van der Waals surface area contributed by atoms with Gasteiger partial charge in [-0.05, 0) is 65.9 Å². The molecule has 3 N–H and O–H groups in total. The first-order valence-electron chi connectivity index (χ1n) is 12.2. The second-order valence-corrected chi connectivity index (χ2v) is 10.2. The fraction of sp³-hybridized carbons (Fsp3) is 0.481. The highest BCUT2D eigenvalue weighted by Crippen LogP contribution is 2.28. The lowest BCUT2D eigenvalue weighted by Crippen LogP contribution is -2.55. The van der Waals surface area contributed by atoms with Crippen LogP contribution in [0.15, 0.2) is 59.1 Å². The van der Waals surface area contributed by atoms with Gasteiger partial charge in [-0.25, -0.2) is 0 Å². The molecule has 0 unspecified atom stereocenters. The highest BCUT2D eigenvalue weighted by Gasteiger charge is 2.40. The van der Waals surface area contributed by atoms with E-state index in [2.05, 4.69) is 21.2 Å². The third-order valence-electron chi connectivity index (χ3n) is 6.13. The number of carbonyl (C=O) groups excluding carboxylic acids is 2. The van der Waals surface area contributed by atoms with Gasteiger partial charge in [-0.2, -0.15) is 0 Å². The first-order chi connectivity index (χ1) is 16.8. The predicted molar refractivity (Wildman–Crippen MR) is 140 cm³/mol. The molecular weight excluding hydrogens is 510 g/mol. The average molecular weight is 547 g/mol. The summed E-state index contributed by atoms with van der Waals surface area (Å²) in [5, 5.41) is 2.85. The minimum Gasteiger partial charge on any atom is -0.492 e. The van der Waals surface area contributed by atoms with E-state index >= 15 is 0 Å². The molecule has 1 saturated heterocycles. The zero-order valence-corrected chi connectivity index (χ0v) is 22.2. The number of para-hydroxylation sites is 2. The molecule has 0 bridgehead atoms. The number of ether oxygens (including phenoxy) is 2. The number of likely N-dealkylation sites (tertiary alicyclic amines) is 1. The van der Waals surface area contributed by atoms with E-state index in [0.29, 0.717) is 13.2 Å². The number of carbonyl (C=O) groups is 2. The second-order valence-electron chi connectivity index (χ2n) is 9.37. The van der Waals surface area contributed by atoms with E-state index in [-0.39, 0.29) is 29.9 Å². The first kappa shape index (κ1) is 27.0. The summed E-state index contributed by atoms with van der Waals surface area (Å²) >= 11 is 3.50. The van der Waals surface area contributed by atoms with E-state index in [4.69, 9.17) is 15.2 Å². The van der Waals surface area contributed by atoms with Crippen LogP contribution in [-0.4, -0.2) is 54.1 Å². The lowest BCUT2D eigenvalue weighted by atomic mass is 10.0. The van der Waals surface area contributed by atoms with E-state index in [1.165, 1.54) is 0 Å². The Bertz CT molecular complexity index is 970. The van der Waals surface area contributed by atoms with Gasteiger partial charge in [-0.1, -0.05) is 44.2 Å². The fourth-order valence-electron chi connectivity index (χ4n) is 4.23. The maximum atomic E-state index is 13.6. The van der Waals surface area contributed by atoms with E-state index in [9.17, 15) is 9.59 Å². The van der Waals surface area contributed by atoms with Crippen molar-refractivity contribution in [2.24, 2.45) is 11.7 Å². The number of nitrogens with two attached hydrogens (primary N) is 1. The van der Waals surface area contributed by atoms with Crippen LogP contribution in [0.2, 0.25) is 0 Å². The van der Waals surface area contributed by atoms with Crippen molar-refractivity contribution >= 4 is 27.7 Å². The van der Waals surface area contributed by atoms with E-state index < -0.39 is 12.1 Å². The number of halogens is 1. The molecule has 35 heavy (non-hydrogen) atoms. The van der Waals surface area contributed by atoms with Crippen LogP contribution in [0.25, 0.3) is 0 Å². The molecule has 2 aromatic rings. The first-order valence-corrected chi connectivity index (χ1v) is 13.0. The zero-order chi connectivity index (χ0) is 25.4. The van der Waals surface area contributed by atoms with Gasteiger partial charge in [0.15, 0.2) is 0 Å². The van der Waals surface area contributed by atoms with Crippen LogP contribution in [0, 0.1) is 5.92 Å². The standard InChI is InChI=1S/C27H36BrN3O4/c1-18(2)25(30-26(32)19(3)29)27(33)31-17-22(35-21-11-5-4-6-12-21)16-20(31)10-9-15-34-24-14-8-7-13-23(24)28/h4-8,11-14,18-20,22,25H,9-10,15-17,29H2,1-3H3,(H,30,32)/t19-,20+,22-,25-/m0/s1. The fourth-order valence-corrected chi connectivity index (χ4v) is 4.63. The third-order valence-corrected chi connectivity index (χ3v) is 6.78. The van der Waals surface area contributed by atoms with E-state index in [0.717, 1.165) is 35.2 Å². The molecule has 1 aliphatic rings. The number of benzene rings is 2. The molecule has 0 aromatic heterocycles. The topological polar surface area (TPSA) is 93.9 Å². The largest absolute Gasteiger partial charge is 0.492 e. The highest BCUT2D eigenvalue weighted by molar-refractivity contribution is 9.10. The average Bonchev–Trinajstić information content (AvgIpc) is 3.23. The number of amides is 2. The molecule has 0 aliphatic carbocycles. The summed E-state index contributed by atoms with van der Waals surface area (Å²) < 4.78 is 13.0. The monoisotopic (exact) mass is 545 g/mol. The van der Waals surface area contributed by atoms with Crippen molar-refractivity contribution < 1.29 is 19.1 Å². The summed E-state index contributed by atoms with van der Waals surface area (Å²) in [4.78, 5) is 27.8. The highest BCUT2D eigenvalue weighted by atomic mass is 79.9. The van der Waals surface area contributed by atoms with Gasteiger partial charge in [0, 0.05) is 12.5 Å². The molecule has 190 valence electrons. The van der Waals surface area contributed by atoms with Crippen LogP contribution in [0.3, 0.4) is 0 Å². The van der Waals surface area contributed by atoms with Crippen LogP contribution >= 0.6 is 15.9 Å². The molecule has 1 aliphatic heterocycles. The Hall–Kier alpha value is -2.58. The molecule has 2 amide bonds. The molecule has 0 spiro atoms. The number of hydrogen-bond acceptors (Lipinski definition) is 5. The molecule has 4 atom stereocenters. The predicted octanol–water partition coefficient (Wildman–Crippen LogP) is 4.14. The van der Waals surface area contributed by atoms with Gasteiger partial charge >= 0.3 is 0 Å². The molecule has 3 rings (SSSR count). The van der Waals surface area contributed by atoms with Crippen molar-refractivity contribution in [1.82, 2.24) is 10.2 Å². The van der Waals surface area contributed by atoms with Crippen LogP contribution in [0.1, 0.15) is 40.0 Å². The molecule has 0 radical (unpaired) electrons. The third kappa shape index (κ3) is 7.70. The number of nitrogens with one attached hydrogen (secondary N) is 1. The molecule has 8 heteroatoms. The summed E-state index contributed by atoms with van der Waals surface area (Å²) in [7, 11) is 0. The normalized spacial score (nSPS) is 19.3. The summed E-state index contributed by atoms with van der Waals surface area (Å²) in [6.45, 7) is 6.49. The van der Waals surface area contributed by atoms with Crippen molar-refractivity contribution in [2.45, 2.75) is 64.3 Å². The zero-order valence-electron chi connectivity index (χ0n) is 20.7. The summed E-state index contributed by atoms with van der Waals surface area (Å²) in [6.07, 6.45) is 2.16. The molecule has 0 saturated carbocycles. The summed E-state index contributed by atoms with van der Waals surface area (Å²) in [5.41, 5.74) is 5.74. The van der Waals surface area contributed by atoms with Gasteiger partial charge in [0.2, 0.25) is 11.8 Å².